The number of hydrogen-bond donors (Lipinski definition) is 1. The SMILES string of the molecule is CCOC(O)(Oc1ccccc1)C(CC(C)C)CC(C)C. The van der Waals surface area contributed by atoms with Crippen molar-refractivity contribution in [1.82, 2.24) is 0 Å². The van der Waals surface area contributed by atoms with Gasteiger partial charge in [0.1, 0.15) is 5.75 Å². The molecule has 3 nitrogen and oxygen atoms in total. The van der Waals surface area contributed by atoms with Crippen molar-refractivity contribution < 1.29 is 14.6 Å². The molecule has 0 saturated carbocycles. The molecule has 3 heteroatoms. The van der Waals surface area contributed by atoms with Gasteiger partial charge in [-0.2, -0.15) is 0 Å². The van der Waals surface area contributed by atoms with Gasteiger partial charge in [-0.1, -0.05) is 45.9 Å². The van der Waals surface area contributed by atoms with Crippen LogP contribution < -0.4 is 4.74 Å². The van der Waals surface area contributed by atoms with Crippen LogP contribution in [0.1, 0.15) is 47.5 Å². The second-order valence-corrected chi connectivity index (χ2v) is 6.43. The van der Waals surface area contributed by atoms with E-state index in [2.05, 4.69) is 27.7 Å². The first kappa shape index (κ1) is 18.0. The van der Waals surface area contributed by atoms with Crippen LogP contribution in [0.4, 0.5) is 0 Å². The van der Waals surface area contributed by atoms with Crippen LogP contribution >= 0.6 is 0 Å². The van der Waals surface area contributed by atoms with Crippen molar-refractivity contribution >= 4 is 0 Å². The molecule has 1 rings (SSSR count). The van der Waals surface area contributed by atoms with Gasteiger partial charge in [0.15, 0.2) is 0 Å². The molecule has 0 fully saturated rings. The topological polar surface area (TPSA) is 38.7 Å². The van der Waals surface area contributed by atoms with Gasteiger partial charge in [-0.15, -0.1) is 0 Å². The highest BCUT2D eigenvalue weighted by molar-refractivity contribution is 5.21. The van der Waals surface area contributed by atoms with E-state index in [0.29, 0.717) is 24.2 Å². The van der Waals surface area contributed by atoms with Gasteiger partial charge in [-0.25, -0.2) is 0 Å². The number of ether oxygens (including phenoxy) is 2. The summed E-state index contributed by atoms with van der Waals surface area (Å²) in [6.45, 7) is 10.9. The van der Waals surface area contributed by atoms with E-state index >= 15 is 0 Å². The Hall–Kier alpha value is -1.06. The first-order valence-corrected chi connectivity index (χ1v) is 7.97. The quantitative estimate of drug-likeness (QED) is 0.684. The Labute approximate surface area is 129 Å². The molecular formula is C18H30O3. The van der Waals surface area contributed by atoms with Gasteiger partial charge in [0, 0.05) is 0 Å². The summed E-state index contributed by atoms with van der Waals surface area (Å²) >= 11 is 0. The standard InChI is InChI=1S/C18H30O3/c1-6-20-18(19,21-17-10-8-7-9-11-17)16(12-14(2)3)13-15(4)5/h7-11,14-16,19H,6,12-13H2,1-5H3. The molecule has 0 aliphatic rings. The fraction of sp³-hybridized carbons (Fsp3) is 0.667. The molecule has 120 valence electrons. The highest BCUT2D eigenvalue weighted by Gasteiger charge is 2.41. The lowest BCUT2D eigenvalue weighted by atomic mass is 9.87. The lowest BCUT2D eigenvalue weighted by molar-refractivity contribution is -0.350. The summed E-state index contributed by atoms with van der Waals surface area (Å²) in [7, 11) is 0. The van der Waals surface area contributed by atoms with Gasteiger partial charge in [-0.05, 0) is 43.7 Å². The Balaban J connectivity index is 2.96. The maximum Gasteiger partial charge on any atom is 0.327 e. The zero-order chi connectivity index (χ0) is 15.9. The van der Waals surface area contributed by atoms with Crippen LogP contribution in [-0.2, 0) is 4.74 Å². The predicted molar refractivity (Wildman–Crippen MR) is 86.0 cm³/mol. The van der Waals surface area contributed by atoms with Crippen molar-refractivity contribution in [3.05, 3.63) is 30.3 Å². The largest absolute Gasteiger partial charge is 0.439 e. The molecule has 1 aromatic rings. The Morgan fingerprint density at radius 3 is 1.95 bits per heavy atom. The molecule has 1 N–H and O–H groups in total. The molecule has 1 unspecified atom stereocenters. The summed E-state index contributed by atoms with van der Waals surface area (Å²) in [5.74, 6) is -0.0474. The smallest absolute Gasteiger partial charge is 0.327 e. The third kappa shape index (κ3) is 6.06. The van der Waals surface area contributed by atoms with E-state index in [4.69, 9.17) is 9.47 Å². The number of benzene rings is 1. The Morgan fingerprint density at radius 1 is 1.00 bits per heavy atom. The molecule has 0 amide bonds. The summed E-state index contributed by atoms with van der Waals surface area (Å²) in [5.41, 5.74) is 0. The summed E-state index contributed by atoms with van der Waals surface area (Å²) in [6, 6.07) is 9.38. The third-order valence-electron chi connectivity index (χ3n) is 3.39. The minimum atomic E-state index is -1.56. The molecule has 0 aliphatic heterocycles. The van der Waals surface area contributed by atoms with Crippen LogP contribution in [0.3, 0.4) is 0 Å². The van der Waals surface area contributed by atoms with E-state index in [0.717, 1.165) is 12.8 Å². The first-order chi connectivity index (χ1) is 9.87. The first-order valence-electron chi connectivity index (χ1n) is 7.97. The van der Waals surface area contributed by atoms with Gasteiger partial charge in [-0.3, -0.25) is 0 Å². The van der Waals surface area contributed by atoms with Crippen LogP contribution in [0.25, 0.3) is 0 Å². The van der Waals surface area contributed by atoms with Crippen LogP contribution in [0, 0.1) is 17.8 Å². The van der Waals surface area contributed by atoms with Crippen LogP contribution in [0.2, 0.25) is 0 Å². The van der Waals surface area contributed by atoms with Crippen LogP contribution in [0.5, 0.6) is 5.75 Å². The van der Waals surface area contributed by atoms with Gasteiger partial charge < -0.3 is 14.6 Å². The van der Waals surface area contributed by atoms with Crippen molar-refractivity contribution in [1.29, 1.82) is 0 Å². The predicted octanol–water partition coefficient (Wildman–Crippen LogP) is 4.46. The maximum atomic E-state index is 11.0. The lowest BCUT2D eigenvalue weighted by Crippen LogP contribution is -2.47. The average Bonchev–Trinajstić information content (AvgIpc) is 2.38. The molecule has 0 spiro atoms. The molecule has 1 atom stereocenters. The number of para-hydroxylation sites is 1. The van der Waals surface area contributed by atoms with Crippen molar-refractivity contribution in [3.8, 4) is 5.75 Å². The number of aliphatic hydroxyl groups is 1. The van der Waals surface area contributed by atoms with Crippen molar-refractivity contribution in [3.63, 3.8) is 0 Å². The maximum absolute atomic E-state index is 11.0. The Bertz CT molecular complexity index is 379. The van der Waals surface area contributed by atoms with Crippen molar-refractivity contribution in [2.45, 2.75) is 53.4 Å². The molecule has 0 aromatic heterocycles. The van der Waals surface area contributed by atoms with Crippen molar-refractivity contribution in [2.75, 3.05) is 6.61 Å². The monoisotopic (exact) mass is 294 g/mol. The van der Waals surface area contributed by atoms with Gasteiger partial charge in [0.2, 0.25) is 0 Å². The van der Waals surface area contributed by atoms with Gasteiger partial charge in [0.25, 0.3) is 0 Å². The summed E-state index contributed by atoms with van der Waals surface area (Å²) in [5, 5.41) is 11.0. The molecule has 0 saturated heterocycles. The fourth-order valence-corrected chi connectivity index (χ4v) is 2.63. The van der Waals surface area contributed by atoms with Gasteiger partial charge >= 0.3 is 5.97 Å². The van der Waals surface area contributed by atoms with E-state index in [1.165, 1.54) is 0 Å². The fourth-order valence-electron chi connectivity index (χ4n) is 2.63. The summed E-state index contributed by atoms with van der Waals surface area (Å²) in [6.07, 6.45) is 1.73. The molecular weight excluding hydrogens is 264 g/mol. The molecule has 1 aromatic carbocycles. The minimum absolute atomic E-state index is 0.0577. The third-order valence-corrected chi connectivity index (χ3v) is 3.39. The average molecular weight is 294 g/mol. The second-order valence-electron chi connectivity index (χ2n) is 6.43. The molecule has 21 heavy (non-hydrogen) atoms. The van der Waals surface area contributed by atoms with Crippen LogP contribution in [0.15, 0.2) is 30.3 Å². The second kappa shape index (κ2) is 8.40. The molecule has 0 radical (unpaired) electrons. The summed E-state index contributed by atoms with van der Waals surface area (Å²) < 4.78 is 11.5. The zero-order valence-corrected chi connectivity index (χ0v) is 14.0. The Morgan fingerprint density at radius 2 is 1.52 bits per heavy atom. The van der Waals surface area contributed by atoms with Gasteiger partial charge in [0.05, 0.1) is 12.5 Å². The molecule has 0 heterocycles. The number of hydrogen-bond acceptors (Lipinski definition) is 3. The van der Waals surface area contributed by atoms with E-state index < -0.39 is 5.97 Å². The van der Waals surface area contributed by atoms with E-state index in [-0.39, 0.29) is 5.92 Å². The number of rotatable bonds is 9. The lowest BCUT2D eigenvalue weighted by Gasteiger charge is -2.37. The van der Waals surface area contributed by atoms with E-state index in [1.807, 2.05) is 37.3 Å². The van der Waals surface area contributed by atoms with E-state index in [9.17, 15) is 5.11 Å². The highest BCUT2D eigenvalue weighted by atomic mass is 16.8. The minimum Gasteiger partial charge on any atom is -0.439 e. The molecule has 0 aliphatic carbocycles. The highest BCUT2D eigenvalue weighted by Crippen LogP contribution is 2.33. The van der Waals surface area contributed by atoms with E-state index in [1.54, 1.807) is 0 Å². The van der Waals surface area contributed by atoms with Crippen LogP contribution in [-0.4, -0.2) is 17.7 Å². The zero-order valence-electron chi connectivity index (χ0n) is 14.0. The molecule has 0 bridgehead atoms. The Kier molecular flexibility index (Phi) is 7.20. The summed E-state index contributed by atoms with van der Waals surface area (Å²) in [4.78, 5) is 0. The normalized spacial score (nSPS) is 14.7. The van der Waals surface area contributed by atoms with Crippen molar-refractivity contribution in [2.24, 2.45) is 17.8 Å².